The number of rotatable bonds is 7. The summed E-state index contributed by atoms with van der Waals surface area (Å²) in [7, 11) is 0. The number of aliphatic carboxylic acids is 1. The van der Waals surface area contributed by atoms with Gasteiger partial charge in [0.05, 0.1) is 11.6 Å². The molecule has 1 atom stereocenters. The Morgan fingerprint density at radius 1 is 1.33 bits per heavy atom. The van der Waals surface area contributed by atoms with Crippen molar-refractivity contribution in [2.75, 3.05) is 11.9 Å². The summed E-state index contributed by atoms with van der Waals surface area (Å²) in [5, 5.41) is 13.8. The highest BCUT2D eigenvalue weighted by Crippen LogP contribution is 2.25. The Kier molecular flexibility index (Phi) is 5.92. The average Bonchev–Trinajstić information content (AvgIpc) is 2.95. The third kappa shape index (κ3) is 4.32. The number of anilines is 1. The summed E-state index contributed by atoms with van der Waals surface area (Å²) in [6.45, 7) is 5.50. The van der Waals surface area contributed by atoms with E-state index in [0.717, 1.165) is 11.1 Å². The molecule has 6 nitrogen and oxygen atoms in total. The number of carboxylic acid groups (broad SMARTS) is 1. The number of aromatic nitrogens is 1. The number of carbonyl (C=O) groups is 2. The molecule has 2 rings (SSSR count). The predicted octanol–water partition coefficient (Wildman–Crippen LogP) is 3.36. The molecule has 0 saturated carbocycles. The molecule has 2 aromatic rings. The Bertz CT molecular complexity index is 722. The van der Waals surface area contributed by atoms with E-state index in [-0.39, 0.29) is 12.5 Å². The molecule has 0 fully saturated rings. The van der Waals surface area contributed by atoms with Crippen LogP contribution in [-0.2, 0) is 9.59 Å². The zero-order chi connectivity index (χ0) is 17.7. The lowest BCUT2D eigenvalue weighted by Gasteiger charge is -2.11. The van der Waals surface area contributed by atoms with Gasteiger partial charge in [0.2, 0.25) is 0 Å². The van der Waals surface area contributed by atoms with Crippen LogP contribution in [0.5, 0.6) is 5.75 Å². The molecule has 7 heteroatoms. The quantitative estimate of drug-likeness (QED) is 0.801. The molecule has 1 heterocycles. The number of nitrogens with zero attached hydrogens (tertiary/aromatic N) is 1. The highest BCUT2D eigenvalue weighted by Gasteiger charge is 2.21. The number of amides is 1. The number of para-hydroxylation sites is 1. The molecule has 0 radical (unpaired) electrons. The first-order chi connectivity index (χ1) is 11.4. The second-order valence-corrected chi connectivity index (χ2v) is 6.29. The van der Waals surface area contributed by atoms with Gasteiger partial charge in [0.15, 0.2) is 11.7 Å². The maximum absolute atomic E-state index is 12.0. The lowest BCUT2D eigenvalue weighted by Crippen LogP contribution is -2.20. The molecule has 0 saturated heterocycles. The molecule has 2 N–H and O–H groups in total. The van der Waals surface area contributed by atoms with Crippen molar-refractivity contribution in [1.29, 1.82) is 0 Å². The minimum Gasteiger partial charge on any atom is -0.483 e. The van der Waals surface area contributed by atoms with Crippen LogP contribution in [0.25, 0.3) is 0 Å². The maximum atomic E-state index is 12.0. The van der Waals surface area contributed by atoms with Crippen molar-refractivity contribution in [2.24, 2.45) is 0 Å². The van der Waals surface area contributed by atoms with E-state index in [1.807, 2.05) is 32.0 Å². The highest BCUT2D eigenvalue weighted by atomic mass is 32.1. The zero-order valence-corrected chi connectivity index (χ0v) is 14.6. The van der Waals surface area contributed by atoms with Crippen LogP contribution in [0.3, 0.4) is 0 Å². The Morgan fingerprint density at radius 3 is 2.58 bits per heavy atom. The van der Waals surface area contributed by atoms with Crippen LogP contribution in [0.4, 0.5) is 5.13 Å². The monoisotopic (exact) mass is 348 g/mol. The van der Waals surface area contributed by atoms with Gasteiger partial charge < -0.3 is 9.84 Å². The molecular formula is C17H20N2O4S. The van der Waals surface area contributed by atoms with E-state index in [4.69, 9.17) is 9.84 Å². The Balaban J connectivity index is 1.96. The van der Waals surface area contributed by atoms with Crippen molar-refractivity contribution >= 4 is 28.3 Å². The summed E-state index contributed by atoms with van der Waals surface area (Å²) in [6.07, 6.45) is 0.447. The van der Waals surface area contributed by atoms with E-state index >= 15 is 0 Å². The van der Waals surface area contributed by atoms with Gasteiger partial charge in [-0.2, -0.15) is 0 Å². The van der Waals surface area contributed by atoms with Crippen LogP contribution < -0.4 is 10.1 Å². The van der Waals surface area contributed by atoms with E-state index in [0.29, 0.717) is 23.0 Å². The van der Waals surface area contributed by atoms with Crippen molar-refractivity contribution in [3.8, 4) is 5.75 Å². The van der Waals surface area contributed by atoms with E-state index in [1.54, 1.807) is 12.3 Å². The van der Waals surface area contributed by atoms with Gasteiger partial charge >= 0.3 is 5.97 Å². The van der Waals surface area contributed by atoms with Crippen molar-refractivity contribution in [1.82, 2.24) is 4.98 Å². The number of hydrogen-bond acceptors (Lipinski definition) is 5. The van der Waals surface area contributed by atoms with Crippen molar-refractivity contribution in [2.45, 2.75) is 33.1 Å². The summed E-state index contributed by atoms with van der Waals surface area (Å²) in [6, 6.07) is 5.77. The minimum atomic E-state index is -0.918. The fourth-order valence-corrected chi connectivity index (χ4v) is 3.11. The van der Waals surface area contributed by atoms with Gasteiger partial charge in [0.25, 0.3) is 5.91 Å². The van der Waals surface area contributed by atoms with Gasteiger partial charge in [-0.05, 0) is 31.4 Å². The molecule has 0 bridgehead atoms. The molecular weight excluding hydrogens is 328 g/mol. The first-order valence-corrected chi connectivity index (χ1v) is 8.47. The van der Waals surface area contributed by atoms with Gasteiger partial charge in [-0.3, -0.25) is 14.9 Å². The second-order valence-electron chi connectivity index (χ2n) is 5.43. The molecule has 1 unspecified atom stereocenters. The van der Waals surface area contributed by atoms with Crippen LogP contribution >= 0.6 is 11.3 Å². The topological polar surface area (TPSA) is 88.5 Å². The van der Waals surface area contributed by atoms with E-state index in [1.165, 1.54) is 11.3 Å². The number of carbonyl (C=O) groups excluding carboxylic acids is 1. The minimum absolute atomic E-state index is 0.128. The molecule has 128 valence electrons. The van der Waals surface area contributed by atoms with Crippen LogP contribution in [0.15, 0.2) is 23.6 Å². The van der Waals surface area contributed by atoms with Gasteiger partial charge in [0.1, 0.15) is 5.75 Å². The SMILES string of the molecule is CCC(C(=O)O)c1csc(NC(=O)COc2c(C)cccc2C)n1. The zero-order valence-electron chi connectivity index (χ0n) is 13.8. The van der Waals surface area contributed by atoms with Gasteiger partial charge in [-0.25, -0.2) is 4.98 Å². The number of carboxylic acids is 1. The van der Waals surface area contributed by atoms with Crippen LogP contribution in [0.2, 0.25) is 0 Å². The fraction of sp³-hybridized carbons (Fsp3) is 0.353. The molecule has 0 aliphatic carbocycles. The summed E-state index contributed by atoms with van der Waals surface area (Å²) in [4.78, 5) is 27.3. The number of hydrogen-bond donors (Lipinski definition) is 2. The van der Waals surface area contributed by atoms with Gasteiger partial charge in [0, 0.05) is 5.38 Å². The number of benzene rings is 1. The fourth-order valence-electron chi connectivity index (χ4n) is 2.33. The molecule has 1 aromatic heterocycles. The maximum Gasteiger partial charge on any atom is 0.312 e. The Labute approximate surface area is 144 Å². The molecule has 0 aliphatic rings. The smallest absolute Gasteiger partial charge is 0.312 e. The normalized spacial score (nSPS) is 11.8. The number of thiazole rings is 1. The summed E-state index contributed by atoms with van der Waals surface area (Å²) >= 11 is 1.21. The summed E-state index contributed by atoms with van der Waals surface area (Å²) in [5.41, 5.74) is 2.39. The summed E-state index contributed by atoms with van der Waals surface area (Å²) in [5.74, 6) is -1.21. The third-order valence-corrected chi connectivity index (χ3v) is 4.36. The van der Waals surface area contributed by atoms with Crippen molar-refractivity contribution in [3.63, 3.8) is 0 Å². The lowest BCUT2D eigenvalue weighted by atomic mass is 10.0. The van der Waals surface area contributed by atoms with Crippen LogP contribution in [-0.4, -0.2) is 28.6 Å². The molecule has 1 aromatic carbocycles. The van der Waals surface area contributed by atoms with Crippen molar-refractivity contribution < 1.29 is 19.4 Å². The first kappa shape index (κ1) is 17.9. The van der Waals surface area contributed by atoms with Crippen LogP contribution in [0, 0.1) is 13.8 Å². The lowest BCUT2D eigenvalue weighted by molar-refractivity contribution is -0.138. The van der Waals surface area contributed by atoms with E-state index in [9.17, 15) is 9.59 Å². The molecule has 0 spiro atoms. The molecule has 24 heavy (non-hydrogen) atoms. The highest BCUT2D eigenvalue weighted by molar-refractivity contribution is 7.14. The largest absolute Gasteiger partial charge is 0.483 e. The number of aryl methyl sites for hydroxylation is 2. The Hall–Kier alpha value is -2.41. The average molecular weight is 348 g/mol. The molecule has 1 amide bonds. The first-order valence-electron chi connectivity index (χ1n) is 7.59. The van der Waals surface area contributed by atoms with E-state index < -0.39 is 11.9 Å². The van der Waals surface area contributed by atoms with Crippen molar-refractivity contribution in [3.05, 3.63) is 40.4 Å². The Morgan fingerprint density at radius 2 is 2.00 bits per heavy atom. The molecule has 0 aliphatic heterocycles. The number of ether oxygens (including phenoxy) is 1. The van der Waals surface area contributed by atoms with Crippen LogP contribution in [0.1, 0.15) is 36.1 Å². The summed E-state index contributed by atoms with van der Waals surface area (Å²) < 4.78 is 5.59. The third-order valence-electron chi connectivity index (χ3n) is 3.59. The van der Waals surface area contributed by atoms with E-state index in [2.05, 4.69) is 10.3 Å². The van der Waals surface area contributed by atoms with Gasteiger partial charge in [-0.1, -0.05) is 25.1 Å². The number of nitrogens with one attached hydrogen (secondary N) is 1. The standard InChI is InChI=1S/C17H20N2O4S/c1-4-12(16(21)22)13-9-24-17(18-13)19-14(20)8-23-15-10(2)6-5-7-11(15)3/h5-7,9,12H,4,8H2,1-3H3,(H,21,22)(H,18,19,20). The second kappa shape index (κ2) is 7.92. The van der Waals surface area contributed by atoms with Gasteiger partial charge in [-0.15, -0.1) is 11.3 Å². The predicted molar refractivity (Wildman–Crippen MR) is 92.8 cm³/mol.